The Morgan fingerprint density at radius 3 is 2.81 bits per heavy atom. The molecule has 0 saturated heterocycles. The third-order valence-corrected chi connectivity index (χ3v) is 3.97. The number of aromatic carboxylic acids is 1. The smallest absolute Gasteiger partial charge is 0.335 e. The molecule has 0 unspecified atom stereocenters. The first kappa shape index (κ1) is 13.8. The highest BCUT2D eigenvalue weighted by molar-refractivity contribution is 5.96. The number of carboxylic acids is 1. The Hall–Kier alpha value is -2.21. The second kappa shape index (κ2) is 5.29. The molecule has 0 bridgehead atoms. The van der Waals surface area contributed by atoms with Crippen molar-refractivity contribution >= 4 is 22.7 Å². The Balaban J connectivity index is 1.89. The standard InChI is InChI=1S/C15H17N3O3/c1-18(7-9-4-11(19)5-9)14-12-3-2-10(15(20)21)6-13(12)16-8-17-14/h2-3,6,8-9,11,19H,4-5,7H2,1H3,(H,20,21). The van der Waals surface area contributed by atoms with Crippen LogP contribution in [0.15, 0.2) is 24.5 Å². The number of aliphatic hydroxyl groups excluding tert-OH is 1. The van der Waals surface area contributed by atoms with E-state index in [4.69, 9.17) is 5.11 Å². The van der Waals surface area contributed by atoms with Crippen molar-refractivity contribution in [1.29, 1.82) is 0 Å². The molecule has 2 aromatic rings. The lowest BCUT2D eigenvalue weighted by molar-refractivity contribution is 0.0464. The van der Waals surface area contributed by atoms with Crippen molar-refractivity contribution in [2.75, 3.05) is 18.5 Å². The number of carboxylic acid groups (broad SMARTS) is 1. The van der Waals surface area contributed by atoms with E-state index in [1.54, 1.807) is 18.2 Å². The zero-order chi connectivity index (χ0) is 15.0. The van der Waals surface area contributed by atoms with Gasteiger partial charge >= 0.3 is 5.97 Å². The number of fused-ring (bicyclic) bond motifs is 1. The Bertz CT molecular complexity index is 683. The van der Waals surface area contributed by atoms with Crippen molar-refractivity contribution in [2.45, 2.75) is 18.9 Å². The summed E-state index contributed by atoms with van der Waals surface area (Å²) < 4.78 is 0. The Morgan fingerprint density at radius 2 is 2.14 bits per heavy atom. The molecule has 1 aromatic heterocycles. The van der Waals surface area contributed by atoms with Gasteiger partial charge in [0.1, 0.15) is 12.1 Å². The van der Waals surface area contributed by atoms with Crippen molar-refractivity contribution in [3.05, 3.63) is 30.1 Å². The van der Waals surface area contributed by atoms with E-state index < -0.39 is 5.97 Å². The summed E-state index contributed by atoms with van der Waals surface area (Å²) in [5.74, 6) is 0.306. The maximum Gasteiger partial charge on any atom is 0.335 e. The fourth-order valence-electron chi connectivity index (χ4n) is 2.80. The number of anilines is 1. The van der Waals surface area contributed by atoms with Crippen LogP contribution in [0.1, 0.15) is 23.2 Å². The van der Waals surface area contributed by atoms with Crippen LogP contribution in [-0.4, -0.2) is 45.8 Å². The largest absolute Gasteiger partial charge is 0.478 e. The second-order valence-electron chi connectivity index (χ2n) is 5.61. The van der Waals surface area contributed by atoms with Gasteiger partial charge in [-0.05, 0) is 37.0 Å². The molecule has 2 N–H and O–H groups in total. The van der Waals surface area contributed by atoms with Crippen LogP contribution >= 0.6 is 0 Å². The lowest BCUT2D eigenvalue weighted by Crippen LogP contribution is -2.37. The van der Waals surface area contributed by atoms with E-state index in [0.29, 0.717) is 11.4 Å². The first-order chi connectivity index (χ1) is 10.0. The van der Waals surface area contributed by atoms with E-state index in [9.17, 15) is 9.90 Å². The Labute approximate surface area is 122 Å². The number of hydrogen-bond acceptors (Lipinski definition) is 5. The highest BCUT2D eigenvalue weighted by atomic mass is 16.4. The molecule has 1 aromatic carbocycles. The van der Waals surface area contributed by atoms with Gasteiger partial charge in [-0.3, -0.25) is 0 Å². The molecule has 0 atom stereocenters. The molecule has 6 nitrogen and oxygen atoms in total. The van der Waals surface area contributed by atoms with Crippen LogP contribution in [0.3, 0.4) is 0 Å². The monoisotopic (exact) mass is 287 g/mol. The average molecular weight is 287 g/mol. The number of rotatable bonds is 4. The summed E-state index contributed by atoms with van der Waals surface area (Å²) in [6.07, 6.45) is 2.95. The minimum Gasteiger partial charge on any atom is -0.478 e. The summed E-state index contributed by atoms with van der Waals surface area (Å²) in [5, 5.41) is 19.2. The van der Waals surface area contributed by atoms with Gasteiger partial charge in [0.05, 0.1) is 17.2 Å². The van der Waals surface area contributed by atoms with E-state index in [0.717, 1.165) is 30.6 Å². The van der Waals surface area contributed by atoms with Gasteiger partial charge < -0.3 is 15.1 Å². The maximum absolute atomic E-state index is 11.0. The molecule has 0 radical (unpaired) electrons. The number of aromatic nitrogens is 2. The zero-order valence-corrected chi connectivity index (χ0v) is 11.7. The first-order valence-corrected chi connectivity index (χ1v) is 6.92. The fraction of sp³-hybridized carbons (Fsp3) is 0.400. The molecular weight excluding hydrogens is 270 g/mol. The van der Waals surface area contributed by atoms with Gasteiger partial charge in [0, 0.05) is 19.0 Å². The first-order valence-electron chi connectivity index (χ1n) is 6.92. The molecule has 6 heteroatoms. The van der Waals surface area contributed by atoms with Gasteiger partial charge in [-0.1, -0.05) is 0 Å². The summed E-state index contributed by atoms with van der Waals surface area (Å²) in [6, 6.07) is 4.88. The van der Waals surface area contributed by atoms with E-state index in [-0.39, 0.29) is 11.7 Å². The summed E-state index contributed by atoms with van der Waals surface area (Å²) in [7, 11) is 1.96. The normalized spacial score (nSPS) is 21.0. The van der Waals surface area contributed by atoms with Gasteiger partial charge in [-0.25, -0.2) is 14.8 Å². The molecule has 0 spiro atoms. The number of nitrogens with zero attached hydrogens (tertiary/aromatic N) is 3. The summed E-state index contributed by atoms with van der Waals surface area (Å²) in [5.41, 5.74) is 0.845. The summed E-state index contributed by atoms with van der Waals surface area (Å²) >= 11 is 0. The molecular formula is C15H17N3O3. The molecule has 3 rings (SSSR count). The zero-order valence-electron chi connectivity index (χ0n) is 11.7. The molecule has 110 valence electrons. The molecule has 1 fully saturated rings. The van der Waals surface area contributed by atoms with Crippen LogP contribution in [0.5, 0.6) is 0 Å². The highest BCUT2D eigenvalue weighted by Crippen LogP contribution is 2.30. The van der Waals surface area contributed by atoms with E-state index in [2.05, 4.69) is 9.97 Å². The molecule has 1 saturated carbocycles. The quantitative estimate of drug-likeness (QED) is 0.887. The van der Waals surface area contributed by atoms with Crippen LogP contribution in [0.4, 0.5) is 5.82 Å². The predicted molar refractivity (Wildman–Crippen MR) is 78.5 cm³/mol. The van der Waals surface area contributed by atoms with Gasteiger partial charge in [0.2, 0.25) is 0 Å². The van der Waals surface area contributed by atoms with Crippen LogP contribution in [0, 0.1) is 5.92 Å². The van der Waals surface area contributed by atoms with Crippen molar-refractivity contribution < 1.29 is 15.0 Å². The minimum absolute atomic E-state index is 0.163. The molecule has 0 aliphatic heterocycles. The topological polar surface area (TPSA) is 86.5 Å². The SMILES string of the molecule is CN(CC1CC(O)C1)c1ncnc2cc(C(=O)O)ccc12. The molecule has 1 aliphatic carbocycles. The Morgan fingerprint density at radius 1 is 1.38 bits per heavy atom. The molecule has 0 amide bonds. The van der Waals surface area contributed by atoms with Gasteiger partial charge in [-0.2, -0.15) is 0 Å². The number of carbonyl (C=O) groups is 1. The number of aliphatic hydroxyl groups is 1. The van der Waals surface area contributed by atoms with Crippen molar-refractivity contribution in [3.8, 4) is 0 Å². The lowest BCUT2D eigenvalue weighted by Gasteiger charge is -2.35. The lowest BCUT2D eigenvalue weighted by atomic mass is 9.82. The van der Waals surface area contributed by atoms with Crippen LogP contribution in [-0.2, 0) is 0 Å². The van der Waals surface area contributed by atoms with Crippen molar-refractivity contribution in [1.82, 2.24) is 9.97 Å². The number of benzene rings is 1. The average Bonchev–Trinajstić information content (AvgIpc) is 2.44. The van der Waals surface area contributed by atoms with Crippen molar-refractivity contribution in [2.24, 2.45) is 5.92 Å². The van der Waals surface area contributed by atoms with Gasteiger partial charge in [0.15, 0.2) is 0 Å². The molecule has 1 heterocycles. The molecule has 21 heavy (non-hydrogen) atoms. The van der Waals surface area contributed by atoms with Gasteiger partial charge in [0.25, 0.3) is 0 Å². The van der Waals surface area contributed by atoms with E-state index in [1.165, 1.54) is 6.33 Å². The van der Waals surface area contributed by atoms with Gasteiger partial charge in [-0.15, -0.1) is 0 Å². The second-order valence-corrected chi connectivity index (χ2v) is 5.61. The minimum atomic E-state index is -0.964. The van der Waals surface area contributed by atoms with Crippen molar-refractivity contribution in [3.63, 3.8) is 0 Å². The maximum atomic E-state index is 11.0. The van der Waals surface area contributed by atoms with E-state index in [1.807, 2.05) is 11.9 Å². The predicted octanol–water partition coefficient (Wildman–Crippen LogP) is 1.54. The third kappa shape index (κ3) is 2.67. The fourth-order valence-corrected chi connectivity index (χ4v) is 2.80. The highest BCUT2D eigenvalue weighted by Gasteiger charge is 2.28. The van der Waals surface area contributed by atoms with E-state index >= 15 is 0 Å². The van der Waals surface area contributed by atoms with Crippen LogP contribution in [0.25, 0.3) is 10.9 Å². The summed E-state index contributed by atoms with van der Waals surface area (Å²) in [6.45, 7) is 0.823. The molecule has 1 aliphatic rings. The summed E-state index contributed by atoms with van der Waals surface area (Å²) in [4.78, 5) is 21.5. The third-order valence-electron chi connectivity index (χ3n) is 3.97. The van der Waals surface area contributed by atoms with Crippen LogP contribution < -0.4 is 4.90 Å². The number of hydrogen-bond donors (Lipinski definition) is 2. The Kier molecular flexibility index (Phi) is 3.47. The van der Waals surface area contributed by atoms with Crippen LogP contribution in [0.2, 0.25) is 0 Å².